The molecule has 0 bridgehead atoms. The van der Waals surface area contributed by atoms with Crippen molar-refractivity contribution in [3.63, 3.8) is 0 Å². The molecular weight excluding hydrogens is 572 g/mol. The number of aliphatic hydroxyl groups excluding tert-OH is 10. The molecule has 14 heteroatoms. The van der Waals surface area contributed by atoms with E-state index >= 15 is 0 Å². The van der Waals surface area contributed by atoms with Crippen molar-refractivity contribution in [1.82, 2.24) is 0 Å². The molecule has 2 aliphatic heterocycles. The van der Waals surface area contributed by atoms with Crippen LogP contribution in [0.4, 0.5) is 0 Å². The summed E-state index contributed by atoms with van der Waals surface area (Å²) in [6, 6.07) is 0. The van der Waals surface area contributed by atoms with E-state index < -0.39 is 97.5 Å². The molecule has 2 aliphatic rings. The normalized spacial score (nSPS) is 37.5. The van der Waals surface area contributed by atoms with E-state index in [2.05, 4.69) is 0 Å². The number of hydrogen-bond donors (Lipinski definition) is 10. The van der Waals surface area contributed by atoms with Crippen LogP contribution in [0.5, 0.6) is 0 Å². The highest BCUT2D eigenvalue weighted by molar-refractivity contribution is 4.95. The van der Waals surface area contributed by atoms with Crippen LogP contribution in [0.15, 0.2) is 0 Å². The maximum Gasteiger partial charge on any atom is 0.187 e. The molecule has 2 fully saturated rings. The summed E-state index contributed by atoms with van der Waals surface area (Å²) >= 11 is 0. The Morgan fingerprint density at radius 3 is 1.51 bits per heavy atom. The van der Waals surface area contributed by atoms with Gasteiger partial charge in [-0.05, 0) is 45.4 Å². The van der Waals surface area contributed by atoms with Crippen molar-refractivity contribution in [2.45, 2.75) is 166 Å². The van der Waals surface area contributed by atoms with Crippen LogP contribution >= 0.6 is 0 Å². The van der Waals surface area contributed by atoms with Crippen LogP contribution < -0.4 is 0 Å². The van der Waals surface area contributed by atoms with Gasteiger partial charge in [0.15, 0.2) is 12.6 Å². The van der Waals surface area contributed by atoms with Crippen LogP contribution in [0.25, 0.3) is 0 Å². The fraction of sp³-hybridized carbons (Fsp3) is 1.00. The lowest BCUT2D eigenvalue weighted by molar-refractivity contribution is -0.342. The summed E-state index contributed by atoms with van der Waals surface area (Å²) in [5.41, 5.74) is -2.59. The highest BCUT2D eigenvalue weighted by Gasteiger charge is 2.50. The lowest BCUT2D eigenvalue weighted by Crippen LogP contribution is -2.62. The van der Waals surface area contributed by atoms with Crippen molar-refractivity contribution >= 4 is 0 Å². The Bertz CT molecular complexity index is 848. The van der Waals surface area contributed by atoms with Gasteiger partial charge in [0.05, 0.1) is 36.1 Å². The van der Waals surface area contributed by atoms with Gasteiger partial charge in [-0.3, -0.25) is 0 Å². The van der Waals surface area contributed by atoms with E-state index in [0.717, 1.165) is 0 Å². The standard InChI is InChI=1S/C29H56O14/c1-13(9-27(2,3)4)17(32)18(33)14(31)10-28(5,6)42-25-23(38)21(36)19(34)15(40-25)11-29(7,8)43-26-24(39)22(37)20(35)16(12-30)41-26/h13-26,30-39H,9-12H2,1-8H3/t13?,14-,15-,16-,17-,18-,19-,20-,21+,22+,23-,24-,25+,26+/m1/s1. The molecule has 0 spiro atoms. The van der Waals surface area contributed by atoms with Crippen LogP contribution in [0.2, 0.25) is 0 Å². The second kappa shape index (κ2) is 14.9. The molecule has 0 aromatic heterocycles. The number of rotatable bonds is 13. The highest BCUT2D eigenvalue weighted by atomic mass is 16.7. The fourth-order valence-electron chi connectivity index (χ4n) is 5.83. The third kappa shape index (κ3) is 10.5. The Hall–Kier alpha value is -0.560. The third-order valence-electron chi connectivity index (χ3n) is 8.04. The van der Waals surface area contributed by atoms with Gasteiger partial charge in [-0.25, -0.2) is 0 Å². The summed E-state index contributed by atoms with van der Waals surface area (Å²) in [7, 11) is 0. The average Bonchev–Trinajstić information content (AvgIpc) is 2.87. The van der Waals surface area contributed by atoms with Gasteiger partial charge in [0.2, 0.25) is 0 Å². The molecule has 0 amide bonds. The van der Waals surface area contributed by atoms with Crippen LogP contribution in [-0.4, -0.2) is 149 Å². The molecule has 0 radical (unpaired) electrons. The highest BCUT2D eigenvalue weighted by Crippen LogP contribution is 2.35. The Labute approximate surface area is 253 Å². The number of aliphatic hydroxyl groups is 10. The first-order valence-electron chi connectivity index (χ1n) is 14.9. The van der Waals surface area contributed by atoms with Gasteiger partial charge in [0, 0.05) is 12.8 Å². The Morgan fingerprint density at radius 1 is 0.605 bits per heavy atom. The zero-order valence-corrected chi connectivity index (χ0v) is 26.5. The first kappa shape index (κ1) is 38.6. The van der Waals surface area contributed by atoms with Gasteiger partial charge in [-0.15, -0.1) is 0 Å². The van der Waals surface area contributed by atoms with Crippen LogP contribution in [-0.2, 0) is 18.9 Å². The molecule has 43 heavy (non-hydrogen) atoms. The number of hydrogen-bond acceptors (Lipinski definition) is 14. The van der Waals surface area contributed by atoms with E-state index in [1.165, 1.54) is 0 Å². The lowest BCUT2D eigenvalue weighted by atomic mass is 9.80. The first-order valence-corrected chi connectivity index (χ1v) is 14.9. The first-order chi connectivity index (χ1) is 19.5. The predicted molar refractivity (Wildman–Crippen MR) is 151 cm³/mol. The Morgan fingerprint density at radius 2 is 1.05 bits per heavy atom. The second-order valence-electron chi connectivity index (χ2n) is 14.7. The largest absolute Gasteiger partial charge is 0.394 e. The van der Waals surface area contributed by atoms with Gasteiger partial charge in [0.25, 0.3) is 0 Å². The summed E-state index contributed by atoms with van der Waals surface area (Å²) in [6.45, 7) is 13.4. The van der Waals surface area contributed by atoms with Crippen LogP contribution in [0.1, 0.15) is 74.7 Å². The molecule has 256 valence electrons. The average molecular weight is 629 g/mol. The minimum absolute atomic E-state index is 0.0989. The molecule has 14 nitrogen and oxygen atoms in total. The van der Waals surface area contributed by atoms with E-state index in [0.29, 0.717) is 6.42 Å². The van der Waals surface area contributed by atoms with Crippen LogP contribution in [0, 0.1) is 11.3 Å². The van der Waals surface area contributed by atoms with E-state index in [4.69, 9.17) is 18.9 Å². The Balaban J connectivity index is 2.08. The van der Waals surface area contributed by atoms with Gasteiger partial charge in [-0.2, -0.15) is 0 Å². The quantitative estimate of drug-likeness (QED) is 0.107. The monoisotopic (exact) mass is 628 g/mol. The molecule has 14 atom stereocenters. The minimum Gasteiger partial charge on any atom is -0.394 e. The molecule has 0 aliphatic carbocycles. The molecule has 0 aromatic carbocycles. The molecule has 0 saturated carbocycles. The predicted octanol–water partition coefficient (Wildman–Crippen LogP) is -1.88. The van der Waals surface area contributed by atoms with Gasteiger partial charge >= 0.3 is 0 Å². The number of ether oxygens (including phenoxy) is 4. The lowest BCUT2D eigenvalue weighted by Gasteiger charge is -2.46. The summed E-state index contributed by atoms with van der Waals surface area (Å²) in [6.07, 6.45) is -18.9. The van der Waals surface area contributed by atoms with Crippen molar-refractivity contribution in [2.75, 3.05) is 6.61 Å². The van der Waals surface area contributed by atoms with Gasteiger partial charge in [0.1, 0.15) is 48.8 Å². The molecular formula is C29H56O14. The zero-order valence-electron chi connectivity index (χ0n) is 26.5. The van der Waals surface area contributed by atoms with Crippen LogP contribution in [0.3, 0.4) is 0 Å². The Kier molecular flexibility index (Phi) is 13.4. The molecule has 2 heterocycles. The third-order valence-corrected chi connectivity index (χ3v) is 8.04. The van der Waals surface area contributed by atoms with Crippen molar-refractivity contribution in [2.24, 2.45) is 11.3 Å². The summed E-state index contributed by atoms with van der Waals surface area (Å²) in [5.74, 6) is -0.303. The van der Waals surface area contributed by atoms with Crippen molar-refractivity contribution < 1.29 is 70.0 Å². The van der Waals surface area contributed by atoms with E-state index in [-0.39, 0.29) is 24.2 Å². The van der Waals surface area contributed by atoms with Crippen molar-refractivity contribution in [3.05, 3.63) is 0 Å². The maximum atomic E-state index is 10.7. The maximum absolute atomic E-state index is 10.7. The van der Waals surface area contributed by atoms with Gasteiger partial charge in [-0.1, -0.05) is 27.7 Å². The molecule has 0 aromatic rings. The van der Waals surface area contributed by atoms with Gasteiger partial charge < -0.3 is 70.0 Å². The molecule has 2 saturated heterocycles. The molecule has 1 unspecified atom stereocenters. The summed E-state index contributed by atoms with van der Waals surface area (Å²) in [4.78, 5) is 0. The smallest absolute Gasteiger partial charge is 0.187 e. The minimum atomic E-state index is -1.70. The topological polar surface area (TPSA) is 239 Å². The second-order valence-corrected chi connectivity index (χ2v) is 14.7. The van der Waals surface area contributed by atoms with E-state index in [1.54, 1.807) is 34.6 Å². The molecule has 2 rings (SSSR count). The SMILES string of the molecule is CC(CC(C)(C)C)[C@@H](O)[C@H](O)[C@H](O)CC(C)(C)O[C@@H]1O[C@H](CC(C)(C)O[C@@H]2O[C@H](CO)[C@@H](O)[C@H](O)[C@H]2O)[C@@H](O)[C@H](O)[C@H]1O. The van der Waals surface area contributed by atoms with Crippen molar-refractivity contribution in [3.8, 4) is 0 Å². The van der Waals surface area contributed by atoms with Crippen molar-refractivity contribution in [1.29, 1.82) is 0 Å². The van der Waals surface area contributed by atoms with E-state index in [9.17, 15) is 51.1 Å². The fourth-order valence-corrected chi connectivity index (χ4v) is 5.83. The zero-order chi connectivity index (χ0) is 33.2. The summed E-state index contributed by atoms with van der Waals surface area (Å²) in [5, 5.41) is 104. The van der Waals surface area contributed by atoms with E-state index in [1.807, 2.05) is 20.8 Å². The summed E-state index contributed by atoms with van der Waals surface area (Å²) < 4.78 is 23.0. The molecule has 10 N–H and O–H groups in total.